The molecule has 16 heavy (non-hydrogen) atoms. The Balaban J connectivity index is 0.000000673. The van der Waals surface area contributed by atoms with Gasteiger partial charge in [0.25, 0.3) is 0 Å². The number of hydrogen-bond acceptors (Lipinski definition) is 2. The Labute approximate surface area is 98.1 Å². The summed E-state index contributed by atoms with van der Waals surface area (Å²) in [6.45, 7) is 9.76. The largest absolute Gasteiger partial charge is 0.369 e. The van der Waals surface area contributed by atoms with Crippen LogP contribution in [0.5, 0.6) is 0 Å². The molecule has 0 radical (unpaired) electrons. The molecule has 0 spiro atoms. The van der Waals surface area contributed by atoms with Crippen molar-refractivity contribution in [3.63, 3.8) is 0 Å². The van der Waals surface area contributed by atoms with Crippen LogP contribution >= 0.6 is 0 Å². The van der Waals surface area contributed by atoms with E-state index >= 15 is 0 Å². The molecule has 1 aromatic heterocycles. The van der Waals surface area contributed by atoms with Crippen molar-refractivity contribution in [1.29, 1.82) is 0 Å². The average Bonchev–Trinajstić information content (AvgIpc) is 2.18. The average molecular weight is 222 g/mol. The van der Waals surface area contributed by atoms with Crippen molar-refractivity contribution in [2.45, 2.75) is 46.5 Å². The standard InChI is InChI=1S/C10H14N2O.C3H8/c1-7-6-8(4-5-12-7)10(2,3)9(11)13;1-3-2/h4-6H,1-3H3,(H2,11,13);3H2,1-2H3. The van der Waals surface area contributed by atoms with Crippen molar-refractivity contribution in [2.24, 2.45) is 5.73 Å². The maximum Gasteiger partial charge on any atom is 0.227 e. The van der Waals surface area contributed by atoms with Crippen LogP contribution in [0, 0.1) is 6.92 Å². The molecule has 0 bridgehead atoms. The second-order valence-corrected chi connectivity index (χ2v) is 4.38. The molecule has 0 aliphatic rings. The predicted octanol–water partition coefficient (Wildman–Crippen LogP) is 2.57. The van der Waals surface area contributed by atoms with Crippen LogP contribution in [0.4, 0.5) is 0 Å². The van der Waals surface area contributed by atoms with Crippen LogP contribution in [0.1, 0.15) is 45.4 Å². The minimum Gasteiger partial charge on any atom is -0.369 e. The lowest BCUT2D eigenvalue weighted by atomic mass is 9.84. The van der Waals surface area contributed by atoms with E-state index in [0.29, 0.717) is 0 Å². The molecule has 1 aromatic rings. The number of amides is 1. The van der Waals surface area contributed by atoms with Gasteiger partial charge in [0, 0.05) is 11.9 Å². The van der Waals surface area contributed by atoms with E-state index in [0.717, 1.165) is 11.3 Å². The van der Waals surface area contributed by atoms with Gasteiger partial charge in [0.15, 0.2) is 0 Å². The van der Waals surface area contributed by atoms with Gasteiger partial charge in [0.2, 0.25) is 5.91 Å². The lowest BCUT2D eigenvalue weighted by Gasteiger charge is -2.20. The lowest BCUT2D eigenvalue weighted by molar-refractivity contribution is -0.122. The molecule has 3 nitrogen and oxygen atoms in total. The minimum atomic E-state index is -0.617. The first-order chi connectivity index (χ1) is 7.36. The Morgan fingerprint density at radius 2 is 1.94 bits per heavy atom. The summed E-state index contributed by atoms with van der Waals surface area (Å²) in [6.07, 6.45) is 2.94. The molecular formula is C13H22N2O. The number of aryl methyl sites for hydroxylation is 1. The van der Waals surface area contributed by atoms with Crippen molar-refractivity contribution in [3.05, 3.63) is 29.6 Å². The summed E-state index contributed by atoms with van der Waals surface area (Å²) in [7, 11) is 0. The molecular weight excluding hydrogens is 200 g/mol. The Hall–Kier alpha value is -1.38. The van der Waals surface area contributed by atoms with Gasteiger partial charge in [-0.05, 0) is 38.5 Å². The zero-order chi connectivity index (χ0) is 12.8. The lowest BCUT2D eigenvalue weighted by Crippen LogP contribution is -2.35. The normalized spacial score (nSPS) is 10.3. The Kier molecular flexibility index (Phi) is 5.72. The Morgan fingerprint density at radius 1 is 1.44 bits per heavy atom. The summed E-state index contributed by atoms with van der Waals surface area (Å²) in [5.41, 5.74) is 6.48. The van der Waals surface area contributed by atoms with Crippen molar-refractivity contribution in [2.75, 3.05) is 0 Å². The molecule has 0 aliphatic heterocycles. The maximum absolute atomic E-state index is 11.1. The third kappa shape index (κ3) is 4.01. The molecule has 1 heterocycles. The van der Waals surface area contributed by atoms with E-state index in [9.17, 15) is 4.79 Å². The second-order valence-electron chi connectivity index (χ2n) is 4.38. The molecule has 0 fully saturated rings. The topological polar surface area (TPSA) is 56.0 Å². The van der Waals surface area contributed by atoms with Crippen LogP contribution in [-0.4, -0.2) is 10.9 Å². The maximum atomic E-state index is 11.1. The zero-order valence-corrected chi connectivity index (χ0v) is 10.9. The predicted molar refractivity (Wildman–Crippen MR) is 67.2 cm³/mol. The fourth-order valence-electron chi connectivity index (χ4n) is 1.08. The number of aromatic nitrogens is 1. The summed E-state index contributed by atoms with van der Waals surface area (Å²) in [4.78, 5) is 15.2. The van der Waals surface area contributed by atoms with E-state index in [2.05, 4.69) is 18.8 Å². The van der Waals surface area contributed by atoms with Crippen molar-refractivity contribution < 1.29 is 4.79 Å². The third-order valence-electron chi connectivity index (χ3n) is 2.23. The molecule has 0 saturated heterocycles. The van der Waals surface area contributed by atoms with Crippen molar-refractivity contribution in [1.82, 2.24) is 4.98 Å². The summed E-state index contributed by atoms with van der Waals surface area (Å²) >= 11 is 0. The van der Waals surface area contributed by atoms with Gasteiger partial charge in [0.1, 0.15) is 0 Å². The molecule has 1 amide bonds. The van der Waals surface area contributed by atoms with Crippen LogP contribution in [-0.2, 0) is 10.2 Å². The van der Waals surface area contributed by atoms with Crippen molar-refractivity contribution in [3.8, 4) is 0 Å². The first kappa shape index (κ1) is 14.6. The van der Waals surface area contributed by atoms with Crippen LogP contribution in [0.2, 0.25) is 0 Å². The number of rotatable bonds is 2. The fourth-order valence-corrected chi connectivity index (χ4v) is 1.08. The number of nitrogens with zero attached hydrogens (tertiary/aromatic N) is 1. The first-order valence-corrected chi connectivity index (χ1v) is 5.59. The molecule has 2 N–H and O–H groups in total. The molecule has 0 atom stereocenters. The smallest absolute Gasteiger partial charge is 0.227 e. The zero-order valence-electron chi connectivity index (χ0n) is 10.9. The van der Waals surface area contributed by atoms with E-state index in [4.69, 9.17) is 5.73 Å². The van der Waals surface area contributed by atoms with Gasteiger partial charge >= 0.3 is 0 Å². The van der Waals surface area contributed by atoms with Gasteiger partial charge in [-0.3, -0.25) is 9.78 Å². The Bertz CT molecular complexity index is 346. The first-order valence-electron chi connectivity index (χ1n) is 5.59. The summed E-state index contributed by atoms with van der Waals surface area (Å²) < 4.78 is 0. The number of primary amides is 1. The van der Waals surface area contributed by atoms with Gasteiger partial charge in [-0.2, -0.15) is 0 Å². The molecule has 3 heteroatoms. The number of pyridine rings is 1. The fraction of sp³-hybridized carbons (Fsp3) is 0.538. The highest BCUT2D eigenvalue weighted by atomic mass is 16.1. The highest BCUT2D eigenvalue weighted by Crippen LogP contribution is 2.22. The molecule has 1 rings (SSSR count). The van der Waals surface area contributed by atoms with E-state index in [1.807, 2.05) is 32.9 Å². The van der Waals surface area contributed by atoms with Crippen LogP contribution in [0.3, 0.4) is 0 Å². The number of carbonyl (C=O) groups excluding carboxylic acids is 1. The highest BCUT2D eigenvalue weighted by Gasteiger charge is 2.27. The third-order valence-corrected chi connectivity index (χ3v) is 2.23. The van der Waals surface area contributed by atoms with Gasteiger partial charge in [-0.15, -0.1) is 0 Å². The van der Waals surface area contributed by atoms with Crippen LogP contribution in [0.25, 0.3) is 0 Å². The second kappa shape index (κ2) is 6.26. The van der Waals surface area contributed by atoms with Crippen LogP contribution < -0.4 is 5.73 Å². The molecule has 90 valence electrons. The van der Waals surface area contributed by atoms with Gasteiger partial charge in [0.05, 0.1) is 5.41 Å². The highest BCUT2D eigenvalue weighted by molar-refractivity contribution is 5.85. The Morgan fingerprint density at radius 3 is 2.31 bits per heavy atom. The van der Waals surface area contributed by atoms with Gasteiger partial charge < -0.3 is 5.73 Å². The van der Waals surface area contributed by atoms with Crippen LogP contribution in [0.15, 0.2) is 18.3 Å². The molecule has 0 saturated carbocycles. The number of nitrogens with two attached hydrogens (primary N) is 1. The van der Waals surface area contributed by atoms with Gasteiger partial charge in [-0.25, -0.2) is 0 Å². The summed E-state index contributed by atoms with van der Waals surface area (Å²) in [5, 5.41) is 0. The number of carbonyl (C=O) groups is 1. The van der Waals surface area contributed by atoms with E-state index in [-0.39, 0.29) is 5.91 Å². The summed E-state index contributed by atoms with van der Waals surface area (Å²) in [5.74, 6) is -0.321. The van der Waals surface area contributed by atoms with E-state index in [1.165, 1.54) is 6.42 Å². The SMILES string of the molecule is CCC.Cc1cc(C(C)(C)C(N)=O)ccn1. The van der Waals surface area contributed by atoms with E-state index < -0.39 is 5.41 Å². The summed E-state index contributed by atoms with van der Waals surface area (Å²) in [6, 6.07) is 3.70. The quantitative estimate of drug-likeness (QED) is 0.836. The molecule has 0 aliphatic carbocycles. The molecule has 0 unspecified atom stereocenters. The minimum absolute atomic E-state index is 0.321. The monoisotopic (exact) mass is 222 g/mol. The van der Waals surface area contributed by atoms with Crippen molar-refractivity contribution >= 4 is 5.91 Å². The molecule has 0 aromatic carbocycles. The number of hydrogen-bond donors (Lipinski definition) is 1. The van der Waals surface area contributed by atoms with E-state index in [1.54, 1.807) is 6.20 Å². The van der Waals surface area contributed by atoms with Gasteiger partial charge in [-0.1, -0.05) is 20.3 Å².